The molecule has 1 saturated carbocycles. The number of benzene rings is 2. The molecule has 0 N–H and O–H groups in total. The standard InChI is InChI=1S/C17H15ClFO2/c18-15-10-14(6-7-16(15)19)21-12-17(8-9-17)11-20-13-4-2-1-3-5-13/h1-4,6-7,10H,8-9,11-12H2. The number of para-hydroxylation sites is 1. The van der Waals surface area contributed by atoms with Gasteiger partial charge in [0.2, 0.25) is 0 Å². The Labute approximate surface area is 128 Å². The van der Waals surface area contributed by atoms with Crippen LogP contribution in [0.4, 0.5) is 4.39 Å². The summed E-state index contributed by atoms with van der Waals surface area (Å²) in [7, 11) is 0. The van der Waals surface area contributed by atoms with Crippen LogP contribution in [0.5, 0.6) is 11.5 Å². The van der Waals surface area contributed by atoms with Gasteiger partial charge in [-0.25, -0.2) is 4.39 Å². The molecule has 0 heterocycles. The molecule has 1 radical (unpaired) electrons. The Kier molecular flexibility index (Phi) is 4.02. The van der Waals surface area contributed by atoms with Crippen molar-refractivity contribution in [1.82, 2.24) is 0 Å². The van der Waals surface area contributed by atoms with E-state index in [1.165, 1.54) is 12.1 Å². The molecule has 1 aliphatic rings. The van der Waals surface area contributed by atoms with Crippen molar-refractivity contribution in [3.63, 3.8) is 0 Å². The number of rotatable bonds is 6. The van der Waals surface area contributed by atoms with Crippen molar-refractivity contribution in [3.8, 4) is 11.5 Å². The molecule has 0 bridgehead atoms. The molecule has 2 nitrogen and oxygen atoms in total. The molecule has 0 amide bonds. The van der Waals surface area contributed by atoms with Crippen LogP contribution < -0.4 is 9.47 Å². The molecule has 1 aliphatic carbocycles. The van der Waals surface area contributed by atoms with Gasteiger partial charge in [-0.3, -0.25) is 0 Å². The van der Waals surface area contributed by atoms with Gasteiger partial charge in [-0.15, -0.1) is 0 Å². The molecule has 1 fully saturated rings. The van der Waals surface area contributed by atoms with Crippen molar-refractivity contribution >= 4 is 11.6 Å². The van der Waals surface area contributed by atoms with Crippen molar-refractivity contribution in [3.05, 3.63) is 59.4 Å². The minimum Gasteiger partial charge on any atom is -0.493 e. The Bertz CT molecular complexity index is 611. The van der Waals surface area contributed by atoms with Crippen LogP contribution in [0.2, 0.25) is 5.02 Å². The summed E-state index contributed by atoms with van der Waals surface area (Å²) in [4.78, 5) is 0. The van der Waals surface area contributed by atoms with E-state index in [2.05, 4.69) is 6.07 Å². The van der Waals surface area contributed by atoms with E-state index in [0.717, 1.165) is 18.6 Å². The molecule has 0 unspecified atom stereocenters. The first kappa shape index (κ1) is 14.2. The van der Waals surface area contributed by atoms with Crippen LogP contribution in [-0.2, 0) is 0 Å². The summed E-state index contributed by atoms with van der Waals surface area (Å²) in [6, 6.07) is 15.0. The van der Waals surface area contributed by atoms with E-state index in [4.69, 9.17) is 21.1 Å². The molecule has 0 atom stereocenters. The Morgan fingerprint density at radius 3 is 2.62 bits per heavy atom. The van der Waals surface area contributed by atoms with Gasteiger partial charge in [-0.05, 0) is 31.0 Å². The van der Waals surface area contributed by atoms with E-state index in [0.29, 0.717) is 19.0 Å². The second kappa shape index (κ2) is 5.94. The first-order valence-corrected chi connectivity index (χ1v) is 7.22. The van der Waals surface area contributed by atoms with Crippen molar-refractivity contribution in [2.24, 2.45) is 5.41 Å². The lowest BCUT2D eigenvalue weighted by molar-refractivity contribution is 0.160. The lowest BCUT2D eigenvalue weighted by Gasteiger charge is -2.17. The average molecular weight is 306 g/mol. The summed E-state index contributed by atoms with van der Waals surface area (Å²) in [5.41, 5.74) is 0.0462. The van der Waals surface area contributed by atoms with Gasteiger partial charge in [0.25, 0.3) is 0 Å². The van der Waals surface area contributed by atoms with Gasteiger partial charge in [0.15, 0.2) is 0 Å². The lowest BCUT2D eigenvalue weighted by Crippen LogP contribution is -2.21. The van der Waals surface area contributed by atoms with E-state index in [1.807, 2.05) is 24.3 Å². The largest absolute Gasteiger partial charge is 0.493 e. The quantitative estimate of drug-likeness (QED) is 0.781. The van der Waals surface area contributed by atoms with Crippen LogP contribution in [0.15, 0.2) is 42.5 Å². The highest BCUT2D eigenvalue weighted by Crippen LogP contribution is 2.46. The van der Waals surface area contributed by atoms with E-state index in [-0.39, 0.29) is 10.4 Å². The van der Waals surface area contributed by atoms with Crippen LogP contribution in [0.1, 0.15) is 12.8 Å². The van der Waals surface area contributed by atoms with Gasteiger partial charge in [0, 0.05) is 17.5 Å². The van der Waals surface area contributed by atoms with Gasteiger partial charge >= 0.3 is 0 Å². The average Bonchev–Trinajstić information content (AvgIpc) is 3.28. The molecular formula is C17H15ClFO2. The first-order chi connectivity index (χ1) is 10.2. The second-order valence-electron chi connectivity index (χ2n) is 5.38. The zero-order valence-electron chi connectivity index (χ0n) is 11.4. The van der Waals surface area contributed by atoms with E-state index >= 15 is 0 Å². The Hall–Kier alpha value is -1.74. The number of halogens is 2. The molecule has 0 spiro atoms. The SMILES string of the molecule is Fc1ccc(OCC2(COc3[c]cccc3)CC2)cc1Cl. The minimum atomic E-state index is -0.437. The van der Waals surface area contributed by atoms with Crippen molar-refractivity contribution in [2.45, 2.75) is 12.8 Å². The van der Waals surface area contributed by atoms with Gasteiger partial charge < -0.3 is 9.47 Å². The highest BCUT2D eigenvalue weighted by atomic mass is 35.5. The first-order valence-electron chi connectivity index (χ1n) is 6.84. The molecule has 0 saturated heterocycles. The molecule has 0 aromatic heterocycles. The number of ether oxygens (including phenoxy) is 2. The minimum absolute atomic E-state index is 0.0462. The molecule has 109 valence electrons. The van der Waals surface area contributed by atoms with Crippen molar-refractivity contribution < 1.29 is 13.9 Å². The van der Waals surface area contributed by atoms with Crippen molar-refractivity contribution in [1.29, 1.82) is 0 Å². The molecule has 3 rings (SSSR count). The topological polar surface area (TPSA) is 18.5 Å². The van der Waals surface area contributed by atoms with Gasteiger partial charge in [-0.1, -0.05) is 29.8 Å². The lowest BCUT2D eigenvalue weighted by atomic mass is 10.1. The highest BCUT2D eigenvalue weighted by Gasteiger charge is 2.44. The summed E-state index contributed by atoms with van der Waals surface area (Å²) >= 11 is 5.74. The normalized spacial score (nSPS) is 15.5. The van der Waals surface area contributed by atoms with E-state index in [1.54, 1.807) is 6.07 Å². The zero-order valence-corrected chi connectivity index (χ0v) is 12.2. The summed E-state index contributed by atoms with van der Waals surface area (Å²) in [6.07, 6.45) is 2.13. The van der Waals surface area contributed by atoms with Crippen LogP contribution >= 0.6 is 11.6 Å². The fraction of sp³-hybridized carbons (Fsp3) is 0.294. The van der Waals surface area contributed by atoms with Gasteiger partial charge in [0.05, 0.1) is 18.2 Å². The van der Waals surface area contributed by atoms with E-state index in [9.17, 15) is 4.39 Å². The van der Waals surface area contributed by atoms with Crippen LogP contribution in [0, 0.1) is 17.3 Å². The summed E-state index contributed by atoms with van der Waals surface area (Å²) in [5.74, 6) is 0.889. The Morgan fingerprint density at radius 2 is 1.95 bits per heavy atom. The Morgan fingerprint density at radius 1 is 1.14 bits per heavy atom. The number of hydrogen-bond acceptors (Lipinski definition) is 2. The maximum absolute atomic E-state index is 13.1. The van der Waals surface area contributed by atoms with Crippen LogP contribution in [0.25, 0.3) is 0 Å². The highest BCUT2D eigenvalue weighted by molar-refractivity contribution is 6.30. The van der Waals surface area contributed by atoms with Crippen LogP contribution in [0.3, 0.4) is 0 Å². The van der Waals surface area contributed by atoms with Gasteiger partial charge in [0.1, 0.15) is 17.3 Å². The second-order valence-corrected chi connectivity index (χ2v) is 5.79. The third-order valence-corrected chi connectivity index (χ3v) is 3.90. The fourth-order valence-corrected chi connectivity index (χ4v) is 2.18. The molecule has 2 aromatic carbocycles. The Balaban J connectivity index is 1.53. The molecule has 4 heteroatoms. The molecule has 2 aromatic rings. The summed E-state index contributed by atoms with van der Waals surface area (Å²) < 4.78 is 24.5. The zero-order chi connectivity index (χ0) is 14.7. The maximum atomic E-state index is 13.1. The van der Waals surface area contributed by atoms with Crippen molar-refractivity contribution in [2.75, 3.05) is 13.2 Å². The summed E-state index contributed by atoms with van der Waals surface area (Å²) in [6.45, 7) is 1.14. The smallest absolute Gasteiger partial charge is 0.142 e. The molecular weight excluding hydrogens is 291 g/mol. The monoisotopic (exact) mass is 305 g/mol. The fourth-order valence-electron chi connectivity index (χ4n) is 2.01. The maximum Gasteiger partial charge on any atom is 0.142 e. The predicted molar refractivity (Wildman–Crippen MR) is 79.3 cm³/mol. The third-order valence-electron chi connectivity index (χ3n) is 3.61. The summed E-state index contributed by atoms with van der Waals surface area (Å²) in [5, 5.41) is 0.0764. The molecule has 0 aliphatic heterocycles. The predicted octanol–water partition coefficient (Wildman–Crippen LogP) is 4.52. The van der Waals surface area contributed by atoms with E-state index < -0.39 is 5.82 Å². The third kappa shape index (κ3) is 3.67. The molecule has 21 heavy (non-hydrogen) atoms. The van der Waals surface area contributed by atoms with Crippen LogP contribution in [-0.4, -0.2) is 13.2 Å². The number of hydrogen-bond donors (Lipinski definition) is 0. The van der Waals surface area contributed by atoms with Gasteiger partial charge in [-0.2, -0.15) is 0 Å².